The first kappa shape index (κ1) is 13.7. The average Bonchev–Trinajstić information content (AvgIpc) is 2.26. The van der Waals surface area contributed by atoms with Crippen LogP contribution in [-0.4, -0.2) is 37.7 Å². The summed E-state index contributed by atoms with van der Waals surface area (Å²) in [5.41, 5.74) is 2.89. The predicted octanol–water partition coefficient (Wildman–Crippen LogP) is 3.04. The molecule has 70 valence electrons. The summed E-state index contributed by atoms with van der Waals surface area (Å²) in [6.45, 7) is 0. The Morgan fingerprint density at radius 3 is 2.31 bits per heavy atom. The minimum Gasteiger partial charge on any atom is -0.0836 e. The van der Waals surface area contributed by atoms with Crippen molar-refractivity contribution in [3.05, 3.63) is 53.6 Å². The Morgan fingerprint density at radius 1 is 0.875 bits per heavy atom. The summed E-state index contributed by atoms with van der Waals surface area (Å²) in [5.74, 6) is 0. The smallest absolute Gasteiger partial charge is 0 e. The van der Waals surface area contributed by atoms with Crippen molar-refractivity contribution >= 4 is 54.6 Å². The number of fused-ring (bicyclic) bond motifs is 2. The fourth-order valence-corrected chi connectivity index (χ4v) is 2.13. The van der Waals surface area contributed by atoms with Gasteiger partial charge in [0.2, 0.25) is 0 Å². The molecule has 3 rings (SSSR count). The van der Waals surface area contributed by atoms with Crippen LogP contribution in [0.2, 0.25) is 0 Å². The van der Waals surface area contributed by atoms with E-state index >= 15 is 0 Å². The monoisotopic (exact) mass is 194 g/mol. The van der Waals surface area contributed by atoms with Crippen LogP contribution in [0.25, 0.3) is 16.8 Å². The van der Waals surface area contributed by atoms with E-state index in [1.54, 1.807) is 0 Å². The van der Waals surface area contributed by atoms with Crippen LogP contribution < -0.4 is 0 Å². The Hall–Kier alpha value is -0.365. The summed E-state index contributed by atoms with van der Waals surface area (Å²) in [6.07, 6.45) is 6.88. The van der Waals surface area contributed by atoms with Crippen molar-refractivity contribution in [2.75, 3.05) is 0 Å². The molecule has 16 heavy (non-hydrogen) atoms. The molecular weight excluding hydrogens is 182 g/mol. The summed E-state index contributed by atoms with van der Waals surface area (Å²) >= 11 is 0. The first-order valence-corrected chi connectivity index (χ1v) is 5.12. The third kappa shape index (κ3) is 2.48. The maximum Gasteiger partial charge on any atom is 0 e. The van der Waals surface area contributed by atoms with E-state index in [0.29, 0.717) is 0 Å². The van der Waals surface area contributed by atoms with Crippen LogP contribution >= 0.6 is 0 Å². The van der Waals surface area contributed by atoms with Gasteiger partial charge < -0.3 is 0 Å². The molecule has 0 amide bonds. The van der Waals surface area contributed by atoms with Gasteiger partial charge in [-0.15, -0.1) is 0 Å². The van der Waals surface area contributed by atoms with Crippen molar-refractivity contribution in [3.8, 4) is 0 Å². The minimum absolute atomic E-state index is 0. The first-order valence-electron chi connectivity index (χ1n) is 5.12. The van der Waals surface area contributed by atoms with Crippen LogP contribution in [0.3, 0.4) is 0 Å². The largest absolute Gasteiger partial charge is 0.0836 e. The van der Waals surface area contributed by atoms with Crippen molar-refractivity contribution in [3.63, 3.8) is 0 Å². The second-order valence-electron chi connectivity index (χ2n) is 3.84. The standard InChI is InChI=1S/C14H12.2Li/c1-2-6-12-10-14-8-4-3-7-13(14)9-11(12)5-1;;/h1-3,5-7,9-10H,4,8H2;;. The van der Waals surface area contributed by atoms with E-state index < -0.39 is 0 Å². The van der Waals surface area contributed by atoms with E-state index in [1.165, 1.54) is 34.7 Å². The number of hydrogen-bond donors (Lipinski definition) is 0. The van der Waals surface area contributed by atoms with Crippen LogP contribution in [0.5, 0.6) is 0 Å². The Kier molecular flexibility index (Phi) is 4.98. The van der Waals surface area contributed by atoms with Gasteiger partial charge in [-0.05, 0) is 40.8 Å². The third-order valence-electron chi connectivity index (χ3n) is 2.89. The summed E-state index contributed by atoms with van der Waals surface area (Å²) < 4.78 is 0. The number of benzene rings is 2. The molecule has 0 N–H and O–H groups in total. The average molecular weight is 194 g/mol. The van der Waals surface area contributed by atoms with E-state index in [0.717, 1.165) is 0 Å². The van der Waals surface area contributed by atoms with Crippen molar-refractivity contribution < 1.29 is 0 Å². The molecule has 0 saturated heterocycles. The molecule has 0 aliphatic heterocycles. The van der Waals surface area contributed by atoms with E-state index in [-0.39, 0.29) is 37.7 Å². The second-order valence-corrected chi connectivity index (χ2v) is 3.84. The Labute approximate surface area is 120 Å². The molecular formula is C14H12Li2. The van der Waals surface area contributed by atoms with Gasteiger partial charge >= 0.3 is 0 Å². The Morgan fingerprint density at radius 2 is 1.56 bits per heavy atom. The molecule has 0 saturated carbocycles. The first-order chi connectivity index (χ1) is 6.93. The molecule has 0 bridgehead atoms. The van der Waals surface area contributed by atoms with Crippen LogP contribution in [0.1, 0.15) is 17.5 Å². The molecule has 2 aromatic carbocycles. The van der Waals surface area contributed by atoms with Crippen LogP contribution in [0.4, 0.5) is 0 Å². The Bertz CT molecular complexity index is 515. The molecule has 0 spiro atoms. The van der Waals surface area contributed by atoms with Crippen molar-refractivity contribution in [2.45, 2.75) is 12.8 Å². The Balaban J connectivity index is 0.000000640. The maximum absolute atomic E-state index is 2.33. The van der Waals surface area contributed by atoms with Crippen LogP contribution in [0, 0.1) is 0 Å². The zero-order valence-electron chi connectivity index (χ0n) is 10.0. The molecule has 2 heteroatoms. The van der Waals surface area contributed by atoms with Gasteiger partial charge in [-0.25, -0.2) is 0 Å². The molecule has 2 radical (unpaired) electrons. The molecule has 0 nitrogen and oxygen atoms in total. The van der Waals surface area contributed by atoms with Gasteiger partial charge in [-0.3, -0.25) is 0 Å². The van der Waals surface area contributed by atoms with Gasteiger partial charge in [0.1, 0.15) is 0 Å². The predicted molar refractivity (Wildman–Crippen MR) is 72.8 cm³/mol. The third-order valence-corrected chi connectivity index (χ3v) is 2.89. The van der Waals surface area contributed by atoms with Gasteiger partial charge in [0.05, 0.1) is 0 Å². The van der Waals surface area contributed by atoms with E-state index in [9.17, 15) is 0 Å². The van der Waals surface area contributed by atoms with Gasteiger partial charge in [-0.2, -0.15) is 0 Å². The number of allylic oxidation sites excluding steroid dienone is 1. The molecule has 0 heterocycles. The van der Waals surface area contributed by atoms with Crippen molar-refractivity contribution in [1.29, 1.82) is 0 Å². The second kappa shape index (κ2) is 5.81. The van der Waals surface area contributed by atoms with Crippen LogP contribution in [0.15, 0.2) is 42.5 Å². The molecule has 0 atom stereocenters. The molecule has 1 aliphatic rings. The normalized spacial score (nSPS) is 12.5. The molecule has 0 aromatic heterocycles. The van der Waals surface area contributed by atoms with Gasteiger partial charge in [0.25, 0.3) is 0 Å². The van der Waals surface area contributed by atoms with Crippen molar-refractivity contribution in [1.82, 2.24) is 0 Å². The van der Waals surface area contributed by atoms with Gasteiger partial charge in [-0.1, -0.05) is 42.5 Å². The maximum atomic E-state index is 2.33. The van der Waals surface area contributed by atoms with Gasteiger partial charge in [0.15, 0.2) is 0 Å². The zero-order valence-corrected chi connectivity index (χ0v) is 10.0. The summed E-state index contributed by atoms with van der Waals surface area (Å²) in [6, 6.07) is 13.2. The number of rotatable bonds is 0. The minimum atomic E-state index is 0. The quantitative estimate of drug-likeness (QED) is 0.565. The topological polar surface area (TPSA) is 0 Å². The summed E-state index contributed by atoms with van der Waals surface area (Å²) in [4.78, 5) is 0. The number of aryl methyl sites for hydroxylation is 1. The SMILES string of the molecule is C1=Cc2cc3ccccc3cc2CC1.[Li].[Li]. The van der Waals surface area contributed by atoms with Gasteiger partial charge in [0, 0.05) is 37.7 Å². The summed E-state index contributed by atoms with van der Waals surface area (Å²) in [5, 5.41) is 2.71. The summed E-state index contributed by atoms with van der Waals surface area (Å²) in [7, 11) is 0. The zero-order chi connectivity index (χ0) is 9.38. The molecule has 1 aliphatic carbocycles. The fraction of sp³-hybridized carbons (Fsp3) is 0.143. The van der Waals surface area contributed by atoms with Crippen molar-refractivity contribution in [2.24, 2.45) is 0 Å². The van der Waals surface area contributed by atoms with E-state index in [1.807, 2.05) is 0 Å². The fourth-order valence-electron chi connectivity index (χ4n) is 2.13. The number of hydrogen-bond acceptors (Lipinski definition) is 0. The molecule has 0 fully saturated rings. The van der Waals surface area contributed by atoms with E-state index in [4.69, 9.17) is 0 Å². The van der Waals surface area contributed by atoms with E-state index in [2.05, 4.69) is 48.6 Å². The molecule has 2 aromatic rings. The van der Waals surface area contributed by atoms with Crippen LogP contribution in [-0.2, 0) is 6.42 Å². The molecule has 0 unspecified atom stereocenters.